The van der Waals surface area contributed by atoms with E-state index in [2.05, 4.69) is 9.97 Å². The molecular weight excluding hydrogens is 224 g/mol. The maximum atomic E-state index is 5.78. The summed E-state index contributed by atoms with van der Waals surface area (Å²) < 4.78 is 6.11. The van der Waals surface area contributed by atoms with Crippen molar-refractivity contribution < 1.29 is 4.74 Å². The van der Waals surface area contributed by atoms with Gasteiger partial charge in [-0.2, -0.15) is 4.98 Å². The van der Waals surface area contributed by atoms with Crippen molar-refractivity contribution in [1.82, 2.24) is 9.97 Å². The van der Waals surface area contributed by atoms with E-state index in [1.165, 1.54) is 4.88 Å². The van der Waals surface area contributed by atoms with Gasteiger partial charge in [0, 0.05) is 18.4 Å². The average Bonchev–Trinajstić information content (AvgIpc) is 2.60. The molecule has 0 bridgehead atoms. The second-order valence-corrected chi connectivity index (χ2v) is 4.78. The predicted molar refractivity (Wildman–Crippen MR) is 66.4 cm³/mol. The minimum atomic E-state index is 0.180. The summed E-state index contributed by atoms with van der Waals surface area (Å²) in [5, 5.41) is 0. The molecule has 0 saturated carbocycles. The van der Waals surface area contributed by atoms with Gasteiger partial charge in [0.1, 0.15) is 5.82 Å². The number of rotatable bonds is 3. The Kier molecular flexibility index (Phi) is 2.93. The molecule has 2 rings (SSSR count). The van der Waals surface area contributed by atoms with Gasteiger partial charge in [-0.15, -0.1) is 11.3 Å². The molecule has 0 radical (unpaired) electrons. The first kappa shape index (κ1) is 11.1. The highest BCUT2D eigenvalue weighted by atomic mass is 32.1. The summed E-state index contributed by atoms with van der Waals surface area (Å²) in [6.07, 6.45) is 1.02. The first-order chi connectivity index (χ1) is 7.60. The van der Waals surface area contributed by atoms with Gasteiger partial charge >= 0.3 is 0 Å². The summed E-state index contributed by atoms with van der Waals surface area (Å²) in [7, 11) is 1.70. The summed E-state index contributed by atoms with van der Waals surface area (Å²) in [4.78, 5) is 9.26. The fraction of sp³-hybridized carbons (Fsp3) is 0.400. The van der Waals surface area contributed by atoms with Crippen molar-refractivity contribution in [2.24, 2.45) is 0 Å². The van der Waals surface area contributed by atoms with Crippen LogP contribution in [0.2, 0.25) is 0 Å². The van der Waals surface area contributed by atoms with Gasteiger partial charge in [0.2, 0.25) is 5.95 Å². The highest BCUT2D eigenvalue weighted by Crippen LogP contribution is 2.29. The van der Waals surface area contributed by atoms with Crippen LogP contribution in [0.3, 0.4) is 0 Å². The Labute approximate surface area is 97.4 Å². The predicted octanol–water partition coefficient (Wildman–Crippen LogP) is 1.43. The molecule has 5 nitrogen and oxygen atoms in total. The normalized spacial score (nSPS) is 13.1. The first-order valence-electron chi connectivity index (χ1n) is 4.94. The zero-order valence-electron chi connectivity index (χ0n) is 9.23. The van der Waals surface area contributed by atoms with Crippen molar-refractivity contribution in [2.45, 2.75) is 19.4 Å². The molecule has 0 saturated heterocycles. The highest BCUT2D eigenvalue weighted by Gasteiger charge is 2.10. The first-order valence-corrected chi connectivity index (χ1v) is 5.76. The number of fused-ring (bicyclic) bond motifs is 1. The van der Waals surface area contributed by atoms with E-state index in [0.29, 0.717) is 5.82 Å². The van der Waals surface area contributed by atoms with Gasteiger partial charge in [-0.3, -0.25) is 0 Å². The number of anilines is 2. The van der Waals surface area contributed by atoms with Crippen molar-refractivity contribution in [2.75, 3.05) is 18.6 Å². The van der Waals surface area contributed by atoms with E-state index in [4.69, 9.17) is 16.2 Å². The molecule has 2 aromatic rings. The Morgan fingerprint density at radius 2 is 2.19 bits per heavy atom. The Balaban J connectivity index is 2.40. The van der Waals surface area contributed by atoms with Crippen molar-refractivity contribution in [3.8, 4) is 0 Å². The number of hydrogen-bond acceptors (Lipinski definition) is 6. The number of nitrogen functional groups attached to an aromatic ring is 2. The third kappa shape index (κ3) is 2.07. The number of ether oxygens (including phenoxy) is 1. The fourth-order valence-electron chi connectivity index (χ4n) is 1.49. The van der Waals surface area contributed by atoms with Crippen LogP contribution < -0.4 is 11.5 Å². The highest BCUT2D eigenvalue weighted by molar-refractivity contribution is 7.19. The molecule has 0 aliphatic rings. The Hall–Kier alpha value is -1.40. The number of aromatic nitrogens is 2. The van der Waals surface area contributed by atoms with E-state index < -0.39 is 0 Å². The SMILES string of the molecule is COC(C)Cc1cc2nc(N)nc(N)c2s1. The lowest BCUT2D eigenvalue weighted by molar-refractivity contribution is 0.119. The molecular formula is C10H14N4OS. The number of thiophene rings is 1. The van der Waals surface area contributed by atoms with Crippen LogP contribution in [0.1, 0.15) is 11.8 Å². The lowest BCUT2D eigenvalue weighted by Crippen LogP contribution is -2.06. The molecule has 2 aromatic heterocycles. The molecule has 1 atom stereocenters. The number of nitrogens with two attached hydrogens (primary N) is 2. The van der Waals surface area contributed by atoms with Crippen molar-refractivity contribution >= 4 is 33.3 Å². The molecule has 2 heterocycles. The molecule has 0 spiro atoms. The van der Waals surface area contributed by atoms with Crippen LogP contribution in [0, 0.1) is 0 Å². The average molecular weight is 238 g/mol. The van der Waals surface area contributed by atoms with Gasteiger partial charge in [-0.05, 0) is 13.0 Å². The zero-order valence-corrected chi connectivity index (χ0v) is 10.0. The number of hydrogen-bond donors (Lipinski definition) is 2. The van der Waals surface area contributed by atoms with E-state index in [9.17, 15) is 0 Å². The molecule has 86 valence electrons. The van der Waals surface area contributed by atoms with Gasteiger partial charge in [0.15, 0.2) is 0 Å². The molecule has 0 aromatic carbocycles. The van der Waals surface area contributed by atoms with Gasteiger partial charge < -0.3 is 16.2 Å². The van der Waals surface area contributed by atoms with Crippen LogP contribution in [0.15, 0.2) is 6.07 Å². The van der Waals surface area contributed by atoms with E-state index in [1.807, 2.05) is 13.0 Å². The van der Waals surface area contributed by atoms with Crippen molar-refractivity contribution in [1.29, 1.82) is 0 Å². The van der Waals surface area contributed by atoms with Crippen LogP contribution in [0.4, 0.5) is 11.8 Å². The van der Waals surface area contributed by atoms with Crippen molar-refractivity contribution in [3.63, 3.8) is 0 Å². The molecule has 0 fully saturated rings. The maximum absolute atomic E-state index is 5.78. The summed E-state index contributed by atoms with van der Waals surface area (Å²) in [5.74, 6) is 0.665. The molecule has 6 heteroatoms. The van der Waals surface area contributed by atoms with Gasteiger partial charge in [0.25, 0.3) is 0 Å². The second-order valence-electron chi connectivity index (χ2n) is 3.64. The quantitative estimate of drug-likeness (QED) is 0.844. The standard InChI is InChI=1S/C10H14N4OS/c1-5(15-2)3-6-4-7-8(16-6)9(11)14-10(12)13-7/h4-5H,3H2,1-2H3,(H4,11,12,13,14). The lowest BCUT2D eigenvalue weighted by atomic mass is 10.2. The van der Waals surface area contributed by atoms with Gasteiger partial charge in [0.05, 0.1) is 16.3 Å². The Morgan fingerprint density at radius 1 is 1.44 bits per heavy atom. The third-order valence-corrected chi connectivity index (χ3v) is 3.53. The number of methoxy groups -OCH3 is 1. The van der Waals surface area contributed by atoms with Crippen LogP contribution >= 0.6 is 11.3 Å². The third-order valence-electron chi connectivity index (χ3n) is 2.36. The molecule has 0 amide bonds. The van der Waals surface area contributed by atoms with E-state index in [1.54, 1.807) is 18.4 Å². The molecule has 16 heavy (non-hydrogen) atoms. The lowest BCUT2D eigenvalue weighted by Gasteiger charge is -2.05. The van der Waals surface area contributed by atoms with Crippen LogP contribution in [-0.2, 0) is 11.2 Å². The summed E-state index contributed by atoms with van der Waals surface area (Å²) in [6.45, 7) is 2.02. The monoisotopic (exact) mass is 238 g/mol. The van der Waals surface area contributed by atoms with Crippen molar-refractivity contribution in [3.05, 3.63) is 10.9 Å². The molecule has 4 N–H and O–H groups in total. The fourth-order valence-corrected chi connectivity index (χ4v) is 2.60. The van der Waals surface area contributed by atoms with E-state index in [0.717, 1.165) is 16.6 Å². The number of nitrogens with zero attached hydrogens (tertiary/aromatic N) is 2. The van der Waals surface area contributed by atoms with Crippen LogP contribution in [0.5, 0.6) is 0 Å². The van der Waals surface area contributed by atoms with E-state index >= 15 is 0 Å². The van der Waals surface area contributed by atoms with Crippen LogP contribution in [0.25, 0.3) is 10.2 Å². The second kappa shape index (κ2) is 4.23. The van der Waals surface area contributed by atoms with Gasteiger partial charge in [-0.25, -0.2) is 4.98 Å². The summed E-state index contributed by atoms with van der Waals surface area (Å²) in [6, 6.07) is 1.99. The maximum Gasteiger partial charge on any atom is 0.222 e. The summed E-state index contributed by atoms with van der Waals surface area (Å²) in [5.41, 5.74) is 12.1. The minimum Gasteiger partial charge on any atom is -0.382 e. The molecule has 1 unspecified atom stereocenters. The van der Waals surface area contributed by atoms with Crippen LogP contribution in [-0.4, -0.2) is 23.2 Å². The largest absolute Gasteiger partial charge is 0.382 e. The molecule has 0 aliphatic carbocycles. The van der Waals surface area contributed by atoms with E-state index in [-0.39, 0.29) is 12.1 Å². The minimum absolute atomic E-state index is 0.180. The van der Waals surface area contributed by atoms with Gasteiger partial charge in [-0.1, -0.05) is 0 Å². The Bertz CT molecular complexity index is 511. The zero-order chi connectivity index (χ0) is 11.7. The smallest absolute Gasteiger partial charge is 0.222 e. The molecule has 0 aliphatic heterocycles. The Morgan fingerprint density at radius 3 is 2.88 bits per heavy atom. The topological polar surface area (TPSA) is 87.0 Å². The summed E-state index contributed by atoms with van der Waals surface area (Å²) >= 11 is 1.59.